The predicted octanol–water partition coefficient (Wildman–Crippen LogP) is 1.20. The number of carboxylic acid groups (broad SMARTS) is 1. The molecule has 7 heteroatoms. The molecule has 0 aromatic rings. The third-order valence-corrected chi connectivity index (χ3v) is 2.03. The van der Waals surface area contributed by atoms with Crippen LogP contribution in [0.3, 0.4) is 0 Å². The van der Waals surface area contributed by atoms with Gasteiger partial charge in [-0.1, -0.05) is 19.3 Å². The lowest BCUT2D eigenvalue weighted by Gasteiger charge is -2.28. The lowest BCUT2D eigenvalue weighted by atomic mass is 9.91. The summed E-state index contributed by atoms with van der Waals surface area (Å²) in [4.78, 5) is 8.90. The van der Waals surface area contributed by atoms with Crippen LogP contribution in [0, 0.1) is 0 Å². The first kappa shape index (κ1) is 14.2. The zero-order valence-corrected chi connectivity index (χ0v) is 8.18. The second-order valence-corrected chi connectivity index (χ2v) is 3.60. The fourth-order valence-electron chi connectivity index (χ4n) is 1.21. The molecule has 0 spiro atoms. The van der Waals surface area contributed by atoms with Crippen LogP contribution in [0.4, 0.5) is 13.2 Å². The van der Waals surface area contributed by atoms with Crippen molar-refractivity contribution >= 4 is 5.97 Å². The summed E-state index contributed by atoms with van der Waals surface area (Å²) < 4.78 is 31.7. The topological polar surface area (TPSA) is 89.3 Å². The Balaban J connectivity index is 0.000000265. The molecule has 1 fully saturated rings. The summed E-state index contributed by atoms with van der Waals surface area (Å²) in [5.74, 6) is -2.76. The van der Waals surface area contributed by atoms with E-state index in [1.807, 2.05) is 0 Å². The number of aliphatic carboxylic acids is 1. The molecule has 0 atom stereocenters. The third kappa shape index (κ3) is 7.15. The summed E-state index contributed by atoms with van der Waals surface area (Å²) in [6.45, 7) is 0. The van der Waals surface area contributed by atoms with Gasteiger partial charge in [0.15, 0.2) is 0 Å². The fourth-order valence-corrected chi connectivity index (χ4v) is 1.21. The second kappa shape index (κ2) is 5.32. The summed E-state index contributed by atoms with van der Waals surface area (Å²) in [5, 5.41) is 7.12. The van der Waals surface area contributed by atoms with Gasteiger partial charge in [0.05, 0.1) is 5.66 Å². The number of halogens is 3. The molecule has 0 aromatic heterocycles. The van der Waals surface area contributed by atoms with Gasteiger partial charge in [0, 0.05) is 0 Å². The Morgan fingerprint density at radius 2 is 1.47 bits per heavy atom. The number of carbonyl (C=O) groups is 1. The minimum absolute atomic E-state index is 0.321. The second-order valence-electron chi connectivity index (χ2n) is 3.60. The van der Waals surface area contributed by atoms with Gasteiger partial charge in [-0.3, -0.25) is 0 Å². The lowest BCUT2D eigenvalue weighted by molar-refractivity contribution is -0.192. The lowest BCUT2D eigenvalue weighted by Crippen LogP contribution is -2.50. The number of hydrogen-bond donors (Lipinski definition) is 3. The van der Waals surface area contributed by atoms with Gasteiger partial charge in [0.25, 0.3) is 0 Å². The monoisotopic (exact) mass is 228 g/mol. The molecule has 1 aliphatic rings. The third-order valence-electron chi connectivity index (χ3n) is 2.03. The van der Waals surface area contributed by atoms with E-state index in [0.717, 1.165) is 12.8 Å². The van der Waals surface area contributed by atoms with Crippen LogP contribution in [0.5, 0.6) is 0 Å². The maximum absolute atomic E-state index is 10.6. The first-order chi connectivity index (χ1) is 6.65. The summed E-state index contributed by atoms with van der Waals surface area (Å²) in [7, 11) is 0. The molecule has 15 heavy (non-hydrogen) atoms. The predicted molar refractivity (Wildman–Crippen MR) is 47.9 cm³/mol. The first-order valence-electron chi connectivity index (χ1n) is 4.53. The van der Waals surface area contributed by atoms with Crippen molar-refractivity contribution in [3.8, 4) is 0 Å². The standard InChI is InChI=1S/C6H14N2.C2HF3O2/c7-6(8)4-2-1-3-5-6;3-2(4,5)1(6)7/h1-5,7-8H2;(H,6,7). The first-order valence-corrected chi connectivity index (χ1v) is 4.53. The fraction of sp³-hybridized carbons (Fsp3) is 0.875. The molecule has 0 heterocycles. The van der Waals surface area contributed by atoms with E-state index >= 15 is 0 Å². The van der Waals surface area contributed by atoms with Gasteiger partial charge < -0.3 is 16.6 Å². The highest BCUT2D eigenvalue weighted by molar-refractivity contribution is 5.73. The molecule has 1 rings (SSSR count). The Hall–Kier alpha value is -0.820. The Bertz CT molecular complexity index is 208. The molecule has 90 valence electrons. The molecule has 0 aliphatic heterocycles. The quantitative estimate of drug-likeness (QED) is 0.543. The normalized spacial score (nSPS) is 20.1. The van der Waals surface area contributed by atoms with Gasteiger partial charge in [0.1, 0.15) is 0 Å². The number of carboxylic acids is 1. The van der Waals surface area contributed by atoms with Crippen LogP contribution in [-0.4, -0.2) is 22.9 Å². The van der Waals surface area contributed by atoms with Crippen molar-refractivity contribution in [2.24, 2.45) is 11.5 Å². The van der Waals surface area contributed by atoms with Gasteiger partial charge in [0.2, 0.25) is 0 Å². The Morgan fingerprint density at radius 1 is 1.13 bits per heavy atom. The number of hydrogen-bond acceptors (Lipinski definition) is 3. The molecule has 0 aromatic carbocycles. The minimum atomic E-state index is -5.08. The Labute approximate surface area is 85.4 Å². The van der Waals surface area contributed by atoms with E-state index < -0.39 is 12.1 Å². The van der Waals surface area contributed by atoms with Crippen LogP contribution in [-0.2, 0) is 4.79 Å². The van der Waals surface area contributed by atoms with Crippen molar-refractivity contribution < 1.29 is 23.1 Å². The van der Waals surface area contributed by atoms with Crippen LogP contribution < -0.4 is 11.5 Å². The molecule has 0 bridgehead atoms. The SMILES string of the molecule is NC1(N)CCCCC1.O=C(O)C(F)(F)F. The van der Waals surface area contributed by atoms with Crippen molar-refractivity contribution in [3.05, 3.63) is 0 Å². The van der Waals surface area contributed by atoms with Crippen molar-refractivity contribution in [1.82, 2.24) is 0 Å². The van der Waals surface area contributed by atoms with E-state index in [-0.39, 0.29) is 5.66 Å². The average Bonchev–Trinajstić information content (AvgIpc) is 2.02. The number of nitrogens with two attached hydrogens (primary N) is 2. The highest BCUT2D eigenvalue weighted by Crippen LogP contribution is 2.20. The molecule has 0 amide bonds. The van der Waals surface area contributed by atoms with Gasteiger partial charge in [-0.05, 0) is 12.8 Å². The van der Waals surface area contributed by atoms with Gasteiger partial charge in [-0.2, -0.15) is 13.2 Å². The van der Waals surface area contributed by atoms with Crippen molar-refractivity contribution in [2.75, 3.05) is 0 Å². The van der Waals surface area contributed by atoms with E-state index in [0.29, 0.717) is 0 Å². The average molecular weight is 228 g/mol. The van der Waals surface area contributed by atoms with Gasteiger partial charge in [-0.15, -0.1) is 0 Å². The van der Waals surface area contributed by atoms with Crippen LogP contribution in [0.1, 0.15) is 32.1 Å². The van der Waals surface area contributed by atoms with Crippen molar-refractivity contribution in [2.45, 2.75) is 43.9 Å². The maximum Gasteiger partial charge on any atom is 0.490 e. The van der Waals surface area contributed by atoms with Gasteiger partial charge in [-0.25, -0.2) is 4.79 Å². The molecular formula is C8H15F3N2O2. The molecule has 5 N–H and O–H groups in total. The van der Waals surface area contributed by atoms with Crippen LogP contribution in [0.15, 0.2) is 0 Å². The zero-order valence-electron chi connectivity index (χ0n) is 8.18. The van der Waals surface area contributed by atoms with Crippen LogP contribution >= 0.6 is 0 Å². The minimum Gasteiger partial charge on any atom is -0.475 e. The smallest absolute Gasteiger partial charge is 0.475 e. The highest BCUT2D eigenvalue weighted by atomic mass is 19.4. The summed E-state index contributed by atoms with van der Waals surface area (Å²) in [6, 6.07) is 0. The summed E-state index contributed by atoms with van der Waals surface area (Å²) in [6.07, 6.45) is 0.677. The summed E-state index contributed by atoms with van der Waals surface area (Å²) >= 11 is 0. The Kier molecular flexibility index (Phi) is 5.02. The zero-order chi connectivity index (χ0) is 12.1. The molecule has 1 saturated carbocycles. The van der Waals surface area contributed by atoms with E-state index in [1.54, 1.807) is 0 Å². The molecule has 0 unspecified atom stereocenters. The number of rotatable bonds is 0. The molecular weight excluding hydrogens is 213 g/mol. The van der Waals surface area contributed by atoms with Gasteiger partial charge >= 0.3 is 12.1 Å². The highest BCUT2D eigenvalue weighted by Gasteiger charge is 2.38. The van der Waals surface area contributed by atoms with E-state index in [1.165, 1.54) is 19.3 Å². The Morgan fingerprint density at radius 3 is 1.60 bits per heavy atom. The molecule has 4 nitrogen and oxygen atoms in total. The number of alkyl halides is 3. The molecule has 1 aliphatic carbocycles. The van der Waals surface area contributed by atoms with Crippen molar-refractivity contribution in [3.63, 3.8) is 0 Å². The molecule has 0 radical (unpaired) electrons. The van der Waals surface area contributed by atoms with Crippen LogP contribution in [0.2, 0.25) is 0 Å². The van der Waals surface area contributed by atoms with E-state index in [2.05, 4.69) is 0 Å². The summed E-state index contributed by atoms with van der Waals surface area (Å²) in [5.41, 5.74) is 11.0. The van der Waals surface area contributed by atoms with Crippen LogP contribution in [0.25, 0.3) is 0 Å². The van der Waals surface area contributed by atoms with E-state index in [4.69, 9.17) is 21.4 Å². The largest absolute Gasteiger partial charge is 0.490 e. The maximum atomic E-state index is 10.6. The van der Waals surface area contributed by atoms with E-state index in [9.17, 15) is 13.2 Å². The molecule has 0 saturated heterocycles. The van der Waals surface area contributed by atoms with Crippen molar-refractivity contribution in [1.29, 1.82) is 0 Å².